The molecular formula is C30H33BClN5O. The largest absolute Gasteiger partial charge is 0.367 e. The predicted molar refractivity (Wildman–Crippen MR) is 156 cm³/mol. The Bertz CT molecular complexity index is 1440. The number of hydrogen-bond acceptors (Lipinski definition) is 4. The number of carbonyl (C=O) groups excluding carboxylic acids is 1. The molecule has 2 aromatic carbocycles. The first-order valence-corrected chi connectivity index (χ1v) is 14.1. The van der Waals surface area contributed by atoms with E-state index in [4.69, 9.17) is 16.6 Å². The third-order valence-corrected chi connectivity index (χ3v) is 8.70. The quantitative estimate of drug-likeness (QED) is 0.387. The molecule has 0 unspecified atom stereocenters. The van der Waals surface area contributed by atoms with Gasteiger partial charge in [-0.15, -0.1) is 0 Å². The van der Waals surface area contributed by atoms with Gasteiger partial charge in [-0.1, -0.05) is 79.4 Å². The lowest BCUT2D eigenvalue weighted by Gasteiger charge is -2.42. The summed E-state index contributed by atoms with van der Waals surface area (Å²) in [6.07, 6.45) is 8.99. The molecule has 0 atom stereocenters. The smallest absolute Gasteiger partial charge is 0.233 e. The van der Waals surface area contributed by atoms with Crippen LogP contribution in [0.15, 0.2) is 66.9 Å². The second-order valence-corrected chi connectivity index (χ2v) is 11.2. The van der Waals surface area contributed by atoms with Gasteiger partial charge in [0.1, 0.15) is 13.7 Å². The third kappa shape index (κ3) is 4.58. The number of halogens is 1. The monoisotopic (exact) mass is 525 g/mol. The fourth-order valence-corrected chi connectivity index (χ4v) is 6.49. The van der Waals surface area contributed by atoms with Crippen LogP contribution in [-0.4, -0.2) is 52.4 Å². The van der Waals surface area contributed by atoms with E-state index in [9.17, 15) is 4.79 Å². The molecule has 194 valence electrons. The van der Waals surface area contributed by atoms with Gasteiger partial charge >= 0.3 is 0 Å². The van der Waals surface area contributed by atoms with Crippen LogP contribution in [0.2, 0.25) is 5.02 Å². The molecule has 1 N–H and O–H groups in total. The molecule has 1 aliphatic heterocycles. The number of likely N-dealkylation sites (tertiary alicyclic amines) is 1. The van der Waals surface area contributed by atoms with E-state index in [2.05, 4.69) is 39.6 Å². The molecule has 38 heavy (non-hydrogen) atoms. The van der Waals surface area contributed by atoms with Gasteiger partial charge < -0.3 is 10.2 Å². The highest BCUT2D eigenvalue weighted by Crippen LogP contribution is 2.41. The van der Waals surface area contributed by atoms with Crippen LogP contribution in [0.5, 0.6) is 0 Å². The molecule has 1 amide bonds. The van der Waals surface area contributed by atoms with Crippen molar-refractivity contribution in [3.05, 3.63) is 77.4 Å². The van der Waals surface area contributed by atoms with Gasteiger partial charge in [-0.25, -0.2) is 4.98 Å². The maximum absolute atomic E-state index is 14.0. The fourth-order valence-electron chi connectivity index (χ4n) is 6.26. The van der Waals surface area contributed by atoms with Crippen molar-refractivity contribution in [1.82, 2.24) is 19.5 Å². The van der Waals surface area contributed by atoms with Gasteiger partial charge in [0.15, 0.2) is 5.65 Å². The first kappa shape index (κ1) is 25.0. The van der Waals surface area contributed by atoms with Crippen molar-refractivity contribution in [3.8, 4) is 11.3 Å². The fraction of sp³-hybridized carbons (Fsp3) is 0.367. The van der Waals surface area contributed by atoms with Crippen LogP contribution >= 0.6 is 11.6 Å². The summed E-state index contributed by atoms with van der Waals surface area (Å²) in [6.45, 7) is 1.52. The predicted octanol–water partition coefficient (Wildman–Crippen LogP) is 4.61. The van der Waals surface area contributed by atoms with Crippen molar-refractivity contribution in [2.75, 3.05) is 18.4 Å². The van der Waals surface area contributed by atoms with Crippen LogP contribution in [0, 0.1) is 0 Å². The molecule has 2 aliphatic rings. The van der Waals surface area contributed by atoms with Gasteiger partial charge in [0, 0.05) is 42.0 Å². The van der Waals surface area contributed by atoms with Crippen LogP contribution in [0.3, 0.4) is 0 Å². The summed E-state index contributed by atoms with van der Waals surface area (Å²) in [6, 6.07) is 20.5. The summed E-state index contributed by atoms with van der Waals surface area (Å²) < 4.78 is 1.87. The third-order valence-electron chi connectivity index (χ3n) is 8.38. The molecule has 8 heteroatoms. The second kappa shape index (κ2) is 10.4. The summed E-state index contributed by atoms with van der Waals surface area (Å²) in [5, 5.41) is 8.98. The highest BCUT2D eigenvalue weighted by molar-refractivity contribution is 6.36. The van der Waals surface area contributed by atoms with Crippen LogP contribution < -0.4 is 10.8 Å². The molecule has 0 spiro atoms. The average molecular weight is 526 g/mol. The average Bonchev–Trinajstić information content (AvgIpc) is 3.35. The lowest BCUT2D eigenvalue weighted by Crippen LogP contribution is -2.51. The van der Waals surface area contributed by atoms with Crippen molar-refractivity contribution in [2.24, 2.45) is 0 Å². The van der Waals surface area contributed by atoms with Crippen molar-refractivity contribution in [1.29, 1.82) is 0 Å². The van der Waals surface area contributed by atoms with E-state index in [1.54, 1.807) is 0 Å². The zero-order valence-corrected chi connectivity index (χ0v) is 22.6. The number of piperidine rings is 1. The number of hydrogen-bond donors (Lipinski definition) is 1. The summed E-state index contributed by atoms with van der Waals surface area (Å²) in [5.41, 5.74) is 4.38. The van der Waals surface area contributed by atoms with Crippen molar-refractivity contribution < 1.29 is 4.79 Å². The molecular weight excluding hydrogens is 493 g/mol. The zero-order chi connectivity index (χ0) is 26.1. The minimum atomic E-state index is -0.368. The summed E-state index contributed by atoms with van der Waals surface area (Å²) in [7, 11) is 2.02. The summed E-state index contributed by atoms with van der Waals surface area (Å²) in [5.74, 6) is 1.22. The Kier molecular flexibility index (Phi) is 6.87. The summed E-state index contributed by atoms with van der Waals surface area (Å²) >= 11 is 6.51. The van der Waals surface area contributed by atoms with Crippen LogP contribution in [-0.2, 0) is 10.2 Å². The molecule has 4 aromatic rings. The van der Waals surface area contributed by atoms with Crippen molar-refractivity contribution in [2.45, 2.75) is 56.4 Å². The van der Waals surface area contributed by atoms with E-state index >= 15 is 0 Å². The van der Waals surface area contributed by atoms with E-state index in [-0.39, 0.29) is 11.5 Å². The molecule has 2 aromatic heterocycles. The molecule has 1 saturated carbocycles. The second-order valence-electron chi connectivity index (χ2n) is 10.8. The number of fused-ring (bicyclic) bond motifs is 1. The van der Waals surface area contributed by atoms with Gasteiger partial charge in [0.05, 0.1) is 11.1 Å². The summed E-state index contributed by atoms with van der Waals surface area (Å²) in [4.78, 5) is 21.0. The number of aromatic nitrogens is 3. The van der Waals surface area contributed by atoms with Gasteiger partial charge in [-0.3, -0.25) is 4.79 Å². The Balaban J connectivity index is 1.21. The van der Waals surface area contributed by atoms with E-state index < -0.39 is 0 Å². The molecule has 3 heterocycles. The first-order valence-electron chi connectivity index (χ1n) is 13.8. The molecule has 0 radical (unpaired) electrons. The Morgan fingerprint density at radius 2 is 1.71 bits per heavy atom. The number of nitrogens with one attached hydrogen (secondary N) is 1. The van der Waals surface area contributed by atoms with Crippen LogP contribution in [0.25, 0.3) is 16.9 Å². The molecule has 2 fully saturated rings. The van der Waals surface area contributed by atoms with E-state index in [1.807, 2.05) is 55.0 Å². The van der Waals surface area contributed by atoms with E-state index in [0.29, 0.717) is 10.9 Å². The lowest BCUT2D eigenvalue weighted by atomic mass is 9.68. The number of rotatable bonds is 5. The Labute approximate surface area is 229 Å². The molecule has 6 nitrogen and oxygen atoms in total. The Morgan fingerprint density at radius 1 is 1.00 bits per heavy atom. The Morgan fingerprint density at radius 3 is 2.45 bits per heavy atom. The number of anilines is 1. The topological polar surface area (TPSA) is 62.5 Å². The molecule has 6 rings (SSSR count). The highest BCUT2D eigenvalue weighted by Gasteiger charge is 2.44. The maximum atomic E-state index is 14.0. The lowest BCUT2D eigenvalue weighted by molar-refractivity contribution is -0.139. The van der Waals surface area contributed by atoms with Crippen molar-refractivity contribution in [3.63, 3.8) is 0 Å². The van der Waals surface area contributed by atoms with Gasteiger partial charge in [0.25, 0.3) is 0 Å². The SMILES string of the molecule is Bc1cnn2c(NC3CCN(C(=O)C4(c5ccccc5)CCCCC4)CC3)cc(-c3ccccc3Cl)nc12. The van der Waals surface area contributed by atoms with Crippen molar-refractivity contribution >= 4 is 42.3 Å². The van der Waals surface area contributed by atoms with Gasteiger partial charge in [-0.2, -0.15) is 9.61 Å². The minimum Gasteiger partial charge on any atom is -0.367 e. The number of nitrogens with zero attached hydrogens (tertiary/aromatic N) is 4. The highest BCUT2D eigenvalue weighted by atomic mass is 35.5. The van der Waals surface area contributed by atoms with Gasteiger partial charge in [-0.05, 0) is 42.8 Å². The zero-order valence-electron chi connectivity index (χ0n) is 21.9. The molecule has 1 aliphatic carbocycles. The number of benzene rings is 2. The minimum absolute atomic E-state index is 0.243. The number of carbonyl (C=O) groups is 1. The Hall–Kier alpha value is -3.32. The van der Waals surface area contributed by atoms with Crippen LogP contribution in [0.1, 0.15) is 50.5 Å². The molecule has 1 saturated heterocycles. The first-order chi connectivity index (χ1) is 18.5. The maximum Gasteiger partial charge on any atom is 0.233 e. The normalized spacial score (nSPS) is 18.0. The van der Waals surface area contributed by atoms with E-state index in [1.165, 1.54) is 12.0 Å². The number of amides is 1. The van der Waals surface area contributed by atoms with Crippen LogP contribution in [0.4, 0.5) is 5.82 Å². The molecule has 0 bridgehead atoms. The van der Waals surface area contributed by atoms with Gasteiger partial charge in [0.2, 0.25) is 5.91 Å². The van der Waals surface area contributed by atoms with E-state index in [0.717, 1.165) is 79.8 Å². The standard InChI is InChI=1S/C30H33BClN5O/c31-24-20-33-37-27(19-26(35-28(24)37)23-11-5-6-12-25(23)32)34-22-13-17-36(18-14-22)29(38)30(15-7-2-8-16-30)21-9-3-1-4-10-21/h1,3-6,9-12,19-20,22,34H,2,7-8,13-18,31H2.